The number of anilines is 1. The van der Waals surface area contributed by atoms with Crippen molar-refractivity contribution in [3.8, 4) is 0 Å². The van der Waals surface area contributed by atoms with Crippen LogP contribution in [0.25, 0.3) is 0 Å². The second-order valence-corrected chi connectivity index (χ2v) is 5.96. The minimum atomic E-state index is -0.0446. The van der Waals surface area contributed by atoms with E-state index >= 15 is 0 Å². The molecule has 1 atom stereocenters. The first-order chi connectivity index (χ1) is 10.5. The molecule has 1 aliphatic heterocycles. The fourth-order valence-corrected chi connectivity index (χ4v) is 2.62. The molecule has 0 radical (unpaired) electrons. The van der Waals surface area contributed by atoms with E-state index in [4.69, 9.17) is 0 Å². The molecule has 22 heavy (non-hydrogen) atoms. The normalized spacial score (nSPS) is 14.9. The van der Waals surface area contributed by atoms with Gasteiger partial charge in [-0.15, -0.1) is 0 Å². The molecule has 0 aromatic heterocycles. The van der Waals surface area contributed by atoms with Crippen molar-refractivity contribution < 1.29 is 9.59 Å². The van der Waals surface area contributed by atoms with Crippen molar-refractivity contribution in [2.45, 2.75) is 39.7 Å². The molecule has 1 aromatic rings. The van der Waals surface area contributed by atoms with Gasteiger partial charge in [0.2, 0.25) is 11.8 Å². The van der Waals surface area contributed by atoms with E-state index in [2.05, 4.69) is 25.7 Å². The third kappa shape index (κ3) is 3.97. The van der Waals surface area contributed by atoms with Crippen LogP contribution in [0.15, 0.2) is 30.9 Å². The molecule has 0 aliphatic carbocycles. The van der Waals surface area contributed by atoms with Gasteiger partial charge >= 0.3 is 0 Å². The minimum Gasteiger partial charge on any atom is -0.335 e. The van der Waals surface area contributed by atoms with Crippen LogP contribution in [-0.4, -0.2) is 23.3 Å². The highest BCUT2D eigenvalue weighted by atomic mass is 16.2. The quantitative estimate of drug-likeness (QED) is 0.849. The van der Waals surface area contributed by atoms with Gasteiger partial charge in [0, 0.05) is 25.2 Å². The zero-order valence-corrected chi connectivity index (χ0v) is 13.4. The first kappa shape index (κ1) is 16.3. The minimum absolute atomic E-state index is 0.0446. The van der Waals surface area contributed by atoms with Gasteiger partial charge in [-0.2, -0.15) is 0 Å². The lowest BCUT2D eigenvalue weighted by atomic mass is 9.98. The summed E-state index contributed by atoms with van der Waals surface area (Å²) >= 11 is 0. The molecule has 1 heterocycles. The predicted octanol–water partition coefficient (Wildman–Crippen LogP) is 3.13. The summed E-state index contributed by atoms with van der Waals surface area (Å²) in [6, 6.07) is 5.97. The Morgan fingerprint density at radius 1 is 1.41 bits per heavy atom. The van der Waals surface area contributed by atoms with Gasteiger partial charge in [0.25, 0.3) is 0 Å². The van der Waals surface area contributed by atoms with Gasteiger partial charge in [-0.3, -0.25) is 9.59 Å². The summed E-state index contributed by atoms with van der Waals surface area (Å²) < 4.78 is 0. The van der Waals surface area contributed by atoms with E-state index in [1.54, 1.807) is 4.90 Å². The Labute approximate surface area is 132 Å². The molecule has 4 heteroatoms. The molecular weight excluding hydrogens is 276 g/mol. The van der Waals surface area contributed by atoms with Crippen molar-refractivity contribution in [1.29, 1.82) is 0 Å². The maximum absolute atomic E-state index is 12.0. The zero-order chi connectivity index (χ0) is 16.1. The highest BCUT2D eigenvalue weighted by Gasteiger charge is 2.19. The van der Waals surface area contributed by atoms with Gasteiger partial charge in [0.05, 0.1) is 0 Å². The largest absolute Gasteiger partial charge is 0.335 e. The molecule has 1 aromatic carbocycles. The maximum atomic E-state index is 12.0. The number of nitrogens with one attached hydrogen (secondary N) is 1. The SMILES string of the molecule is C=CC(=O)N1CCc2ccc(NC(=O)C[C@H](C)CC)cc2C1. The molecule has 2 amide bonds. The standard InChI is InChI=1S/C18H24N2O2/c1-4-13(3)10-17(21)19-16-7-6-14-8-9-20(18(22)5-2)12-15(14)11-16/h5-7,11,13H,2,4,8-10,12H2,1,3H3,(H,19,21)/t13-/m1/s1. The van der Waals surface area contributed by atoms with E-state index in [-0.39, 0.29) is 11.8 Å². The molecule has 118 valence electrons. The Morgan fingerprint density at radius 2 is 2.18 bits per heavy atom. The van der Waals surface area contributed by atoms with Gasteiger partial charge in [0.15, 0.2) is 0 Å². The topological polar surface area (TPSA) is 49.4 Å². The van der Waals surface area contributed by atoms with Crippen LogP contribution in [0.3, 0.4) is 0 Å². The Hall–Kier alpha value is -2.10. The first-order valence-electron chi connectivity index (χ1n) is 7.86. The number of amides is 2. The molecule has 0 saturated carbocycles. The number of nitrogens with zero attached hydrogens (tertiary/aromatic N) is 1. The van der Waals surface area contributed by atoms with Crippen LogP contribution in [-0.2, 0) is 22.6 Å². The third-order valence-electron chi connectivity index (χ3n) is 4.22. The number of hydrogen-bond acceptors (Lipinski definition) is 2. The summed E-state index contributed by atoms with van der Waals surface area (Å²) in [4.78, 5) is 25.5. The summed E-state index contributed by atoms with van der Waals surface area (Å²) in [6.45, 7) is 8.99. The highest BCUT2D eigenvalue weighted by Crippen LogP contribution is 2.23. The van der Waals surface area contributed by atoms with Crippen LogP contribution >= 0.6 is 0 Å². The van der Waals surface area contributed by atoms with E-state index in [9.17, 15) is 9.59 Å². The Kier molecular flexibility index (Phi) is 5.36. The van der Waals surface area contributed by atoms with Crippen LogP contribution in [0.1, 0.15) is 37.8 Å². The van der Waals surface area contributed by atoms with E-state index in [1.165, 1.54) is 11.6 Å². The number of carbonyl (C=O) groups is 2. The summed E-state index contributed by atoms with van der Waals surface area (Å²) in [7, 11) is 0. The van der Waals surface area contributed by atoms with Crippen molar-refractivity contribution in [2.24, 2.45) is 5.92 Å². The summed E-state index contributed by atoms with van der Waals surface area (Å²) in [6.07, 6.45) is 3.73. The Balaban J connectivity index is 2.06. The number of benzene rings is 1. The first-order valence-corrected chi connectivity index (χ1v) is 7.86. The predicted molar refractivity (Wildman–Crippen MR) is 88.5 cm³/mol. The smallest absolute Gasteiger partial charge is 0.246 e. The maximum Gasteiger partial charge on any atom is 0.246 e. The van der Waals surface area contributed by atoms with Gasteiger partial charge in [0.1, 0.15) is 0 Å². The number of hydrogen-bond donors (Lipinski definition) is 1. The molecule has 2 rings (SSSR count). The lowest BCUT2D eigenvalue weighted by Gasteiger charge is -2.28. The monoisotopic (exact) mass is 300 g/mol. The van der Waals surface area contributed by atoms with E-state index in [0.29, 0.717) is 18.9 Å². The van der Waals surface area contributed by atoms with E-state index < -0.39 is 0 Å². The number of carbonyl (C=O) groups excluding carboxylic acids is 2. The van der Waals surface area contributed by atoms with Crippen LogP contribution in [0.4, 0.5) is 5.69 Å². The van der Waals surface area contributed by atoms with Crippen molar-refractivity contribution in [3.05, 3.63) is 42.0 Å². The van der Waals surface area contributed by atoms with Crippen molar-refractivity contribution >= 4 is 17.5 Å². The highest BCUT2D eigenvalue weighted by molar-refractivity contribution is 5.91. The molecule has 1 N–H and O–H groups in total. The number of fused-ring (bicyclic) bond motifs is 1. The van der Waals surface area contributed by atoms with Crippen LogP contribution in [0, 0.1) is 5.92 Å². The third-order valence-corrected chi connectivity index (χ3v) is 4.22. The van der Waals surface area contributed by atoms with Crippen molar-refractivity contribution in [1.82, 2.24) is 4.90 Å². The van der Waals surface area contributed by atoms with Crippen molar-refractivity contribution in [2.75, 3.05) is 11.9 Å². The molecule has 0 fully saturated rings. The van der Waals surface area contributed by atoms with Crippen LogP contribution in [0.5, 0.6) is 0 Å². The molecule has 1 aliphatic rings. The summed E-state index contributed by atoms with van der Waals surface area (Å²) in [5, 5.41) is 2.95. The summed E-state index contributed by atoms with van der Waals surface area (Å²) in [5.41, 5.74) is 3.15. The van der Waals surface area contributed by atoms with Crippen molar-refractivity contribution in [3.63, 3.8) is 0 Å². The zero-order valence-electron chi connectivity index (χ0n) is 13.4. The fourth-order valence-electron chi connectivity index (χ4n) is 2.62. The fraction of sp³-hybridized carbons (Fsp3) is 0.444. The Morgan fingerprint density at radius 3 is 2.86 bits per heavy atom. The Bertz CT molecular complexity index is 580. The molecule has 0 spiro atoms. The molecular formula is C18H24N2O2. The van der Waals surface area contributed by atoms with E-state index in [0.717, 1.165) is 30.6 Å². The number of rotatable bonds is 5. The van der Waals surface area contributed by atoms with E-state index in [1.807, 2.05) is 18.2 Å². The second kappa shape index (κ2) is 7.25. The molecule has 0 bridgehead atoms. The molecule has 0 saturated heterocycles. The average Bonchev–Trinajstić information content (AvgIpc) is 2.53. The second-order valence-electron chi connectivity index (χ2n) is 5.96. The molecule has 0 unspecified atom stereocenters. The lowest BCUT2D eigenvalue weighted by molar-refractivity contribution is -0.126. The van der Waals surface area contributed by atoms with Gasteiger partial charge < -0.3 is 10.2 Å². The summed E-state index contributed by atoms with van der Waals surface area (Å²) in [5.74, 6) is 0.388. The lowest BCUT2D eigenvalue weighted by Crippen LogP contribution is -2.34. The van der Waals surface area contributed by atoms with Gasteiger partial charge in [-0.05, 0) is 41.7 Å². The molecule has 4 nitrogen and oxygen atoms in total. The van der Waals surface area contributed by atoms with Crippen LogP contribution in [0.2, 0.25) is 0 Å². The van der Waals surface area contributed by atoms with Gasteiger partial charge in [-0.25, -0.2) is 0 Å². The average molecular weight is 300 g/mol. The van der Waals surface area contributed by atoms with Gasteiger partial charge in [-0.1, -0.05) is 32.9 Å². The van der Waals surface area contributed by atoms with Crippen LogP contribution < -0.4 is 5.32 Å².